The molecule has 0 aliphatic carbocycles. The normalized spacial score (nSPS) is 24.8. The van der Waals surface area contributed by atoms with Crippen molar-refractivity contribution >= 4 is 17.5 Å². The molecular formula is C13H17ClN2O. The molecule has 1 aliphatic rings. The zero-order valence-corrected chi connectivity index (χ0v) is 10.8. The Morgan fingerprint density at radius 3 is 2.76 bits per heavy atom. The van der Waals surface area contributed by atoms with Gasteiger partial charge in [-0.1, -0.05) is 23.7 Å². The molecule has 1 aromatic carbocycles. The monoisotopic (exact) mass is 252 g/mol. The van der Waals surface area contributed by atoms with Crippen LogP contribution in [-0.4, -0.2) is 22.9 Å². The lowest BCUT2D eigenvalue weighted by Crippen LogP contribution is -2.37. The molecule has 4 heteroatoms. The molecule has 1 fully saturated rings. The smallest absolute Gasteiger partial charge is 0.225 e. The van der Waals surface area contributed by atoms with Crippen LogP contribution in [0.1, 0.15) is 31.9 Å². The van der Waals surface area contributed by atoms with E-state index < -0.39 is 0 Å². The highest BCUT2D eigenvalue weighted by Crippen LogP contribution is 2.34. The standard InChI is InChI=1S/C13H17ClN2O/c1-8(2)16-12(17)7-11(15)13(16)9-4-3-5-10(14)6-9/h3-6,8,11,13H,7,15H2,1-2H3. The zero-order valence-electron chi connectivity index (χ0n) is 10.1. The quantitative estimate of drug-likeness (QED) is 0.878. The summed E-state index contributed by atoms with van der Waals surface area (Å²) in [6.45, 7) is 4.01. The minimum Gasteiger partial charge on any atom is -0.332 e. The minimum absolute atomic E-state index is 0.0544. The molecule has 2 N–H and O–H groups in total. The van der Waals surface area contributed by atoms with Crippen molar-refractivity contribution in [2.45, 2.75) is 38.4 Å². The molecule has 2 unspecified atom stereocenters. The molecule has 3 nitrogen and oxygen atoms in total. The fraction of sp³-hybridized carbons (Fsp3) is 0.462. The number of likely N-dealkylation sites (tertiary alicyclic amines) is 1. The first-order valence-corrected chi connectivity index (χ1v) is 6.20. The first-order chi connectivity index (χ1) is 8.00. The number of nitrogens with zero attached hydrogens (tertiary/aromatic N) is 1. The highest BCUT2D eigenvalue weighted by atomic mass is 35.5. The summed E-state index contributed by atoms with van der Waals surface area (Å²) in [6, 6.07) is 7.54. The molecule has 1 amide bonds. The Labute approximate surface area is 107 Å². The van der Waals surface area contributed by atoms with Crippen LogP contribution in [0.25, 0.3) is 0 Å². The van der Waals surface area contributed by atoms with Gasteiger partial charge in [0, 0.05) is 23.5 Å². The summed E-state index contributed by atoms with van der Waals surface area (Å²) in [5.41, 5.74) is 7.09. The van der Waals surface area contributed by atoms with Gasteiger partial charge in [0.25, 0.3) is 0 Å². The van der Waals surface area contributed by atoms with Crippen LogP contribution in [0.15, 0.2) is 24.3 Å². The van der Waals surface area contributed by atoms with Crippen LogP contribution in [0.4, 0.5) is 0 Å². The summed E-state index contributed by atoms with van der Waals surface area (Å²) in [7, 11) is 0. The summed E-state index contributed by atoms with van der Waals surface area (Å²) in [6.07, 6.45) is 0.412. The molecule has 1 heterocycles. The fourth-order valence-electron chi connectivity index (χ4n) is 2.49. The van der Waals surface area contributed by atoms with Crippen molar-refractivity contribution in [1.29, 1.82) is 0 Å². The van der Waals surface area contributed by atoms with E-state index >= 15 is 0 Å². The number of rotatable bonds is 2. The number of halogens is 1. The van der Waals surface area contributed by atoms with Crippen LogP contribution in [0.2, 0.25) is 5.02 Å². The largest absolute Gasteiger partial charge is 0.332 e. The van der Waals surface area contributed by atoms with Crippen LogP contribution >= 0.6 is 11.6 Å². The van der Waals surface area contributed by atoms with E-state index in [9.17, 15) is 4.79 Å². The summed E-state index contributed by atoms with van der Waals surface area (Å²) in [4.78, 5) is 13.8. The van der Waals surface area contributed by atoms with Gasteiger partial charge in [-0.25, -0.2) is 0 Å². The average Bonchev–Trinajstić information content (AvgIpc) is 2.53. The molecule has 1 aliphatic heterocycles. The lowest BCUT2D eigenvalue weighted by atomic mass is 10.0. The zero-order chi connectivity index (χ0) is 12.6. The summed E-state index contributed by atoms with van der Waals surface area (Å²) in [5, 5.41) is 0.678. The molecule has 0 radical (unpaired) electrons. The molecule has 2 rings (SSSR count). The summed E-state index contributed by atoms with van der Waals surface area (Å²) >= 11 is 5.99. The Morgan fingerprint density at radius 2 is 2.18 bits per heavy atom. The van der Waals surface area contributed by atoms with Crippen molar-refractivity contribution in [1.82, 2.24) is 4.90 Å². The third kappa shape index (κ3) is 2.31. The molecule has 1 aromatic rings. The van der Waals surface area contributed by atoms with Crippen LogP contribution in [0.5, 0.6) is 0 Å². The number of hydrogen-bond acceptors (Lipinski definition) is 2. The number of hydrogen-bond donors (Lipinski definition) is 1. The van der Waals surface area contributed by atoms with Crippen molar-refractivity contribution in [3.05, 3.63) is 34.9 Å². The maximum atomic E-state index is 11.9. The van der Waals surface area contributed by atoms with Gasteiger partial charge in [-0.15, -0.1) is 0 Å². The number of benzene rings is 1. The first-order valence-electron chi connectivity index (χ1n) is 5.83. The van der Waals surface area contributed by atoms with E-state index in [1.165, 1.54) is 0 Å². The Kier molecular flexibility index (Phi) is 3.40. The molecule has 0 bridgehead atoms. The molecule has 92 valence electrons. The Bertz CT molecular complexity index is 433. The van der Waals surface area contributed by atoms with Gasteiger partial charge in [0.1, 0.15) is 0 Å². The van der Waals surface area contributed by atoms with E-state index in [-0.39, 0.29) is 24.0 Å². The van der Waals surface area contributed by atoms with E-state index in [1.807, 2.05) is 43.0 Å². The Balaban J connectivity index is 2.38. The van der Waals surface area contributed by atoms with Crippen molar-refractivity contribution in [2.24, 2.45) is 5.73 Å². The van der Waals surface area contributed by atoms with Crippen LogP contribution < -0.4 is 5.73 Å². The third-order valence-corrected chi connectivity index (χ3v) is 3.39. The first kappa shape index (κ1) is 12.4. The number of nitrogens with two attached hydrogens (primary N) is 1. The van der Waals surface area contributed by atoms with Gasteiger partial charge in [-0.3, -0.25) is 4.79 Å². The van der Waals surface area contributed by atoms with Gasteiger partial charge >= 0.3 is 0 Å². The van der Waals surface area contributed by atoms with Crippen LogP contribution in [0.3, 0.4) is 0 Å². The lowest BCUT2D eigenvalue weighted by molar-refractivity contribution is -0.130. The second kappa shape index (κ2) is 4.67. The average molecular weight is 253 g/mol. The van der Waals surface area contributed by atoms with E-state index in [1.54, 1.807) is 0 Å². The highest BCUT2D eigenvalue weighted by Gasteiger charge is 2.39. The minimum atomic E-state index is -0.150. The Morgan fingerprint density at radius 1 is 1.47 bits per heavy atom. The molecule has 0 spiro atoms. The van der Waals surface area contributed by atoms with Crippen molar-refractivity contribution in [2.75, 3.05) is 0 Å². The predicted molar refractivity (Wildman–Crippen MR) is 68.8 cm³/mol. The second-order valence-electron chi connectivity index (χ2n) is 4.76. The maximum Gasteiger partial charge on any atom is 0.225 e. The topological polar surface area (TPSA) is 46.3 Å². The molecule has 1 saturated heterocycles. The van der Waals surface area contributed by atoms with E-state index in [0.29, 0.717) is 11.4 Å². The predicted octanol–water partition coefficient (Wildman–Crippen LogP) is 2.35. The molecular weight excluding hydrogens is 236 g/mol. The SMILES string of the molecule is CC(C)N1C(=O)CC(N)C1c1cccc(Cl)c1. The fourth-order valence-corrected chi connectivity index (χ4v) is 2.69. The van der Waals surface area contributed by atoms with Crippen molar-refractivity contribution < 1.29 is 4.79 Å². The molecule has 2 atom stereocenters. The van der Waals surface area contributed by atoms with Gasteiger partial charge in [-0.05, 0) is 31.5 Å². The summed E-state index contributed by atoms with van der Waals surface area (Å²) in [5.74, 6) is 0.123. The van der Waals surface area contributed by atoms with Crippen LogP contribution in [0, 0.1) is 0 Å². The van der Waals surface area contributed by atoms with E-state index in [4.69, 9.17) is 17.3 Å². The van der Waals surface area contributed by atoms with Gasteiger partial charge < -0.3 is 10.6 Å². The Hall–Kier alpha value is -1.06. The second-order valence-corrected chi connectivity index (χ2v) is 5.20. The summed E-state index contributed by atoms with van der Waals surface area (Å²) < 4.78 is 0. The van der Waals surface area contributed by atoms with E-state index in [0.717, 1.165) is 5.56 Å². The van der Waals surface area contributed by atoms with Gasteiger partial charge in [0.05, 0.1) is 6.04 Å². The maximum absolute atomic E-state index is 11.9. The van der Waals surface area contributed by atoms with E-state index in [2.05, 4.69) is 0 Å². The molecule has 17 heavy (non-hydrogen) atoms. The van der Waals surface area contributed by atoms with Crippen molar-refractivity contribution in [3.8, 4) is 0 Å². The van der Waals surface area contributed by atoms with Gasteiger partial charge in [-0.2, -0.15) is 0 Å². The highest BCUT2D eigenvalue weighted by molar-refractivity contribution is 6.30. The van der Waals surface area contributed by atoms with Crippen molar-refractivity contribution in [3.63, 3.8) is 0 Å². The van der Waals surface area contributed by atoms with Gasteiger partial charge in [0.2, 0.25) is 5.91 Å². The third-order valence-electron chi connectivity index (χ3n) is 3.15. The number of carbonyl (C=O) groups is 1. The lowest BCUT2D eigenvalue weighted by Gasteiger charge is -2.30. The number of carbonyl (C=O) groups excluding carboxylic acids is 1. The number of amides is 1. The van der Waals surface area contributed by atoms with Gasteiger partial charge in [0.15, 0.2) is 0 Å². The molecule has 0 saturated carbocycles. The molecule has 0 aromatic heterocycles. The van der Waals surface area contributed by atoms with Crippen LogP contribution in [-0.2, 0) is 4.79 Å².